The van der Waals surface area contributed by atoms with Crippen LogP contribution in [0.3, 0.4) is 0 Å². The molecule has 4 rings (SSSR count). The molecule has 0 atom stereocenters. The van der Waals surface area contributed by atoms with Crippen molar-refractivity contribution in [1.82, 2.24) is 19.9 Å². The second kappa shape index (κ2) is 9.91. The molecule has 0 aliphatic rings. The van der Waals surface area contributed by atoms with E-state index < -0.39 is 5.97 Å². The van der Waals surface area contributed by atoms with Crippen LogP contribution in [0.5, 0.6) is 0 Å². The third kappa shape index (κ3) is 5.37. The molecule has 0 bridgehead atoms. The van der Waals surface area contributed by atoms with Crippen LogP contribution in [-0.4, -0.2) is 31.0 Å². The van der Waals surface area contributed by atoms with Gasteiger partial charge in [0.1, 0.15) is 5.69 Å². The van der Waals surface area contributed by atoms with Crippen LogP contribution in [0, 0.1) is 6.92 Å². The fourth-order valence-electron chi connectivity index (χ4n) is 2.46. The lowest BCUT2D eigenvalue weighted by Gasteiger charge is -2.02. The second-order valence-electron chi connectivity index (χ2n) is 6.09. The van der Waals surface area contributed by atoms with Gasteiger partial charge in [-0.15, -0.1) is 0 Å². The van der Waals surface area contributed by atoms with Gasteiger partial charge in [-0.25, -0.2) is 9.78 Å². The summed E-state index contributed by atoms with van der Waals surface area (Å²) in [6.45, 7) is 1.95. The summed E-state index contributed by atoms with van der Waals surface area (Å²) in [5.74, 6) is -1.06. The van der Waals surface area contributed by atoms with E-state index in [1.165, 1.54) is 12.3 Å². The molecule has 0 aliphatic heterocycles. The van der Waals surface area contributed by atoms with Gasteiger partial charge in [0.25, 0.3) is 0 Å². The van der Waals surface area contributed by atoms with E-state index in [1.54, 1.807) is 36.8 Å². The Kier molecular flexibility index (Phi) is 7.06. The Morgan fingerprint density at radius 1 is 0.767 bits per heavy atom. The highest BCUT2D eigenvalue weighted by molar-refractivity contribution is 6.33. The number of rotatable bonds is 3. The zero-order valence-corrected chi connectivity index (χ0v) is 17.3. The number of hydrogen-bond acceptors (Lipinski definition) is 5. The number of carboxylic acid groups (broad SMARTS) is 1. The maximum atomic E-state index is 10.6. The number of carboxylic acids is 1. The first-order chi connectivity index (χ1) is 14.5. The van der Waals surface area contributed by atoms with E-state index >= 15 is 0 Å². The van der Waals surface area contributed by atoms with Gasteiger partial charge in [-0.3, -0.25) is 15.0 Å². The van der Waals surface area contributed by atoms with Gasteiger partial charge in [0.15, 0.2) is 0 Å². The lowest BCUT2D eigenvalue weighted by atomic mass is 10.2. The number of nitrogens with zero attached hydrogens (tertiary/aromatic N) is 4. The van der Waals surface area contributed by atoms with Crippen molar-refractivity contribution in [1.29, 1.82) is 0 Å². The number of aromatic carboxylic acids is 1. The van der Waals surface area contributed by atoms with Gasteiger partial charge in [0.2, 0.25) is 0 Å². The average Bonchev–Trinajstić information content (AvgIpc) is 2.76. The van der Waals surface area contributed by atoms with Crippen molar-refractivity contribution >= 4 is 29.2 Å². The monoisotopic (exact) mass is 438 g/mol. The van der Waals surface area contributed by atoms with Crippen LogP contribution >= 0.6 is 23.2 Å². The molecule has 6 nitrogen and oxygen atoms in total. The van der Waals surface area contributed by atoms with Crippen LogP contribution in [0.1, 0.15) is 16.2 Å². The summed E-state index contributed by atoms with van der Waals surface area (Å²) >= 11 is 12.0. The molecule has 0 saturated heterocycles. The van der Waals surface area contributed by atoms with Crippen LogP contribution in [0.2, 0.25) is 10.0 Å². The Hall–Kier alpha value is -3.35. The Morgan fingerprint density at radius 2 is 1.30 bits per heavy atom. The van der Waals surface area contributed by atoms with Gasteiger partial charge >= 0.3 is 5.97 Å². The SMILES string of the molecule is Cc1ccc(-c2ncccc2Cl)cn1.O=C(O)c1ccc(-c2ncccc2Cl)cn1. The summed E-state index contributed by atoms with van der Waals surface area (Å²) in [7, 11) is 0. The Labute approximate surface area is 183 Å². The molecule has 150 valence electrons. The van der Waals surface area contributed by atoms with Crippen LogP contribution in [0.4, 0.5) is 0 Å². The summed E-state index contributed by atoms with van der Waals surface area (Å²) in [5, 5.41) is 9.85. The van der Waals surface area contributed by atoms with Gasteiger partial charge < -0.3 is 5.11 Å². The van der Waals surface area contributed by atoms with E-state index in [0.717, 1.165) is 17.0 Å². The third-order valence-electron chi connectivity index (χ3n) is 3.96. The molecule has 0 radical (unpaired) electrons. The van der Waals surface area contributed by atoms with Crippen LogP contribution < -0.4 is 0 Å². The molecular weight excluding hydrogens is 423 g/mol. The molecule has 0 unspecified atom stereocenters. The summed E-state index contributed by atoms with van der Waals surface area (Å²) in [6.07, 6.45) is 6.56. The number of aryl methyl sites for hydroxylation is 1. The van der Waals surface area contributed by atoms with Crippen molar-refractivity contribution in [3.05, 3.63) is 94.8 Å². The Morgan fingerprint density at radius 3 is 1.70 bits per heavy atom. The number of pyridine rings is 4. The maximum absolute atomic E-state index is 10.6. The van der Waals surface area contributed by atoms with E-state index in [4.69, 9.17) is 28.3 Å². The second-order valence-corrected chi connectivity index (χ2v) is 6.91. The minimum atomic E-state index is -1.06. The van der Waals surface area contributed by atoms with Crippen molar-refractivity contribution in [3.8, 4) is 22.5 Å². The van der Waals surface area contributed by atoms with Crippen LogP contribution in [0.25, 0.3) is 22.5 Å². The van der Waals surface area contributed by atoms with Crippen molar-refractivity contribution in [2.24, 2.45) is 0 Å². The lowest BCUT2D eigenvalue weighted by Crippen LogP contribution is -1.99. The summed E-state index contributed by atoms with van der Waals surface area (Å²) in [4.78, 5) is 26.9. The molecule has 4 heterocycles. The molecule has 0 amide bonds. The first kappa shape index (κ1) is 21.4. The minimum Gasteiger partial charge on any atom is -0.477 e. The summed E-state index contributed by atoms with van der Waals surface area (Å²) in [5.41, 5.74) is 3.99. The molecule has 30 heavy (non-hydrogen) atoms. The molecule has 0 aromatic carbocycles. The number of aromatic nitrogens is 4. The van der Waals surface area contributed by atoms with Gasteiger partial charge in [0.05, 0.1) is 21.4 Å². The first-order valence-corrected chi connectivity index (χ1v) is 9.55. The van der Waals surface area contributed by atoms with Crippen molar-refractivity contribution in [2.45, 2.75) is 6.92 Å². The standard InChI is InChI=1S/C11H7ClN2O2.C11H9ClN2/c12-8-2-1-5-13-10(8)7-3-4-9(11(15)16)14-6-7;1-8-4-5-9(7-14-8)11-10(12)3-2-6-13-11/h1-6H,(H,15,16);2-7H,1H3. The van der Waals surface area contributed by atoms with Gasteiger partial charge in [0, 0.05) is 41.6 Å². The number of carbonyl (C=O) groups is 1. The lowest BCUT2D eigenvalue weighted by molar-refractivity contribution is 0.0690. The highest BCUT2D eigenvalue weighted by Gasteiger charge is 2.07. The average molecular weight is 439 g/mol. The van der Waals surface area contributed by atoms with E-state index in [1.807, 2.05) is 31.2 Å². The highest BCUT2D eigenvalue weighted by Crippen LogP contribution is 2.25. The normalized spacial score (nSPS) is 10.1. The zero-order valence-electron chi connectivity index (χ0n) is 15.8. The fraction of sp³-hybridized carbons (Fsp3) is 0.0455. The van der Waals surface area contributed by atoms with Gasteiger partial charge in [-0.1, -0.05) is 23.2 Å². The minimum absolute atomic E-state index is 0.00389. The Balaban J connectivity index is 0.000000172. The van der Waals surface area contributed by atoms with Crippen molar-refractivity contribution in [2.75, 3.05) is 0 Å². The van der Waals surface area contributed by atoms with Crippen LogP contribution in [-0.2, 0) is 0 Å². The molecular formula is C22H16Cl2N4O2. The van der Waals surface area contributed by atoms with E-state index in [9.17, 15) is 4.79 Å². The quantitative estimate of drug-likeness (QED) is 0.447. The van der Waals surface area contributed by atoms with Gasteiger partial charge in [-0.05, 0) is 55.5 Å². The molecule has 0 spiro atoms. The van der Waals surface area contributed by atoms with E-state index in [-0.39, 0.29) is 5.69 Å². The maximum Gasteiger partial charge on any atom is 0.354 e. The molecule has 1 N–H and O–H groups in total. The molecule has 0 saturated carbocycles. The predicted molar refractivity (Wildman–Crippen MR) is 117 cm³/mol. The fourth-order valence-corrected chi connectivity index (χ4v) is 2.93. The molecule has 0 aliphatic carbocycles. The third-order valence-corrected chi connectivity index (χ3v) is 4.57. The predicted octanol–water partition coefficient (Wildman–Crippen LogP) is 5.60. The Bertz CT molecular complexity index is 1150. The molecule has 8 heteroatoms. The van der Waals surface area contributed by atoms with Crippen molar-refractivity contribution < 1.29 is 9.90 Å². The molecule has 4 aromatic heterocycles. The van der Waals surface area contributed by atoms with E-state index in [0.29, 0.717) is 21.3 Å². The highest BCUT2D eigenvalue weighted by atomic mass is 35.5. The summed E-state index contributed by atoms with van der Waals surface area (Å²) in [6, 6.07) is 14.0. The zero-order chi connectivity index (χ0) is 21.5. The first-order valence-electron chi connectivity index (χ1n) is 8.79. The number of hydrogen-bond donors (Lipinski definition) is 1. The molecule has 4 aromatic rings. The smallest absolute Gasteiger partial charge is 0.354 e. The number of halogens is 2. The molecule has 0 fully saturated rings. The van der Waals surface area contributed by atoms with E-state index in [2.05, 4.69) is 19.9 Å². The van der Waals surface area contributed by atoms with Gasteiger partial charge in [-0.2, -0.15) is 0 Å². The van der Waals surface area contributed by atoms with Crippen LogP contribution in [0.15, 0.2) is 73.3 Å². The topological polar surface area (TPSA) is 88.9 Å². The van der Waals surface area contributed by atoms with Crippen molar-refractivity contribution in [3.63, 3.8) is 0 Å². The summed E-state index contributed by atoms with van der Waals surface area (Å²) < 4.78 is 0. The largest absolute Gasteiger partial charge is 0.477 e.